The van der Waals surface area contributed by atoms with Gasteiger partial charge in [0.2, 0.25) is 0 Å². The molecule has 21 heavy (non-hydrogen) atoms. The van der Waals surface area contributed by atoms with Gasteiger partial charge in [-0.2, -0.15) is 0 Å². The molecule has 1 heterocycles. The van der Waals surface area contributed by atoms with Crippen LogP contribution in [-0.4, -0.2) is 29.6 Å². The van der Waals surface area contributed by atoms with Crippen molar-refractivity contribution in [3.63, 3.8) is 0 Å². The van der Waals surface area contributed by atoms with Crippen LogP contribution in [0.4, 0.5) is 11.6 Å². The lowest BCUT2D eigenvalue weighted by molar-refractivity contribution is 0.328. The molecular formula is C17H32N4. The maximum atomic E-state index is 4.75. The fraction of sp³-hybridized carbons (Fsp3) is 0.765. The highest BCUT2D eigenvalue weighted by molar-refractivity contribution is 5.50. The molecule has 0 saturated heterocycles. The van der Waals surface area contributed by atoms with Crippen molar-refractivity contribution in [1.29, 1.82) is 0 Å². The van der Waals surface area contributed by atoms with E-state index in [1.807, 2.05) is 0 Å². The first-order valence-corrected chi connectivity index (χ1v) is 8.02. The molecule has 1 aromatic rings. The zero-order valence-corrected chi connectivity index (χ0v) is 15.0. The van der Waals surface area contributed by atoms with Crippen LogP contribution in [0.5, 0.6) is 0 Å². The van der Waals surface area contributed by atoms with Crippen molar-refractivity contribution in [2.75, 3.05) is 23.8 Å². The minimum Gasteiger partial charge on any atom is -0.370 e. The molecule has 1 unspecified atom stereocenters. The molecule has 0 aromatic carbocycles. The van der Waals surface area contributed by atoms with E-state index < -0.39 is 0 Å². The van der Waals surface area contributed by atoms with Crippen molar-refractivity contribution in [3.8, 4) is 0 Å². The summed E-state index contributed by atoms with van der Waals surface area (Å²) < 4.78 is 0. The predicted molar refractivity (Wildman–Crippen MR) is 92.2 cm³/mol. The van der Waals surface area contributed by atoms with Gasteiger partial charge in [-0.3, -0.25) is 0 Å². The maximum Gasteiger partial charge on any atom is 0.135 e. The van der Waals surface area contributed by atoms with Gasteiger partial charge in [-0.05, 0) is 18.8 Å². The van der Waals surface area contributed by atoms with Crippen molar-refractivity contribution in [1.82, 2.24) is 9.97 Å². The summed E-state index contributed by atoms with van der Waals surface area (Å²) >= 11 is 0. The van der Waals surface area contributed by atoms with Crippen molar-refractivity contribution in [2.24, 2.45) is 5.41 Å². The Kier molecular flexibility index (Phi) is 5.99. The van der Waals surface area contributed by atoms with Crippen molar-refractivity contribution in [3.05, 3.63) is 11.9 Å². The summed E-state index contributed by atoms with van der Waals surface area (Å²) in [5, 5.41) is 3.38. The molecule has 4 nitrogen and oxygen atoms in total. The second kappa shape index (κ2) is 7.10. The largest absolute Gasteiger partial charge is 0.370 e. The number of nitrogens with zero attached hydrogens (tertiary/aromatic N) is 3. The third kappa shape index (κ3) is 4.87. The van der Waals surface area contributed by atoms with E-state index in [-0.39, 0.29) is 5.41 Å². The van der Waals surface area contributed by atoms with Gasteiger partial charge in [-0.1, -0.05) is 41.5 Å². The molecule has 4 heteroatoms. The first-order chi connectivity index (χ1) is 9.66. The average molecular weight is 292 g/mol. The fourth-order valence-corrected chi connectivity index (χ4v) is 2.01. The molecule has 1 rings (SSSR count). The Bertz CT molecular complexity index is 449. The maximum absolute atomic E-state index is 4.75. The molecule has 120 valence electrons. The predicted octanol–water partition coefficient (Wildman–Crippen LogP) is 4.29. The zero-order chi connectivity index (χ0) is 16.2. The molecule has 0 radical (unpaired) electrons. The number of rotatable bonds is 6. The molecule has 0 aliphatic rings. The summed E-state index contributed by atoms with van der Waals surface area (Å²) in [6, 6.07) is 2.45. The minimum atomic E-state index is 0.203. The van der Waals surface area contributed by atoms with E-state index >= 15 is 0 Å². The average Bonchev–Trinajstić information content (AvgIpc) is 2.42. The van der Waals surface area contributed by atoms with Gasteiger partial charge >= 0.3 is 0 Å². The zero-order valence-electron chi connectivity index (χ0n) is 15.0. The molecule has 0 fully saturated rings. The van der Waals surface area contributed by atoms with Gasteiger partial charge in [0.05, 0.1) is 0 Å². The summed E-state index contributed by atoms with van der Waals surface area (Å²) in [5.41, 5.74) is 0.203. The van der Waals surface area contributed by atoms with E-state index in [1.54, 1.807) is 0 Å². The fourth-order valence-electron chi connectivity index (χ4n) is 2.01. The summed E-state index contributed by atoms with van der Waals surface area (Å²) in [5.74, 6) is 3.15. The molecule has 0 spiro atoms. The topological polar surface area (TPSA) is 41.0 Å². The third-order valence-electron chi connectivity index (χ3n) is 4.00. The highest BCUT2D eigenvalue weighted by Gasteiger charge is 2.25. The van der Waals surface area contributed by atoms with Crippen LogP contribution in [0, 0.1) is 5.41 Å². The highest BCUT2D eigenvalue weighted by atomic mass is 15.2. The number of anilines is 2. The van der Waals surface area contributed by atoms with Crippen LogP contribution >= 0.6 is 0 Å². The summed E-state index contributed by atoms with van der Waals surface area (Å²) in [7, 11) is 2.12. The lowest BCUT2D eigenvalue weighted by Crippen LogP contribution is -2.40. The van der Waals surface area contributed by atoms with E-state index in [9.17, 15) is 0 Å². The molecule has 0 bridgehead atoms. The van der Waals surface area contributed by atoms with E-state index in [1.165, 1.54) is 0 Å². The Labute approximate surface area is 130 Å². The van der Waals surface area contributed by atoms with Gasteiger partial charge in [-0.15, -0.1) is 0 Å². The summed E-state index contributed by atoms with van der Waals surface area (Å²) in [6.07, 6.45) is 1.09. The lowest BCUT2D eigenvalue weighted by atomic mass is 9.87. The van der Waals surface area contributed by atoms with Crippen LogP contribution < -0.4 is 10.2 Å². The van der Waals surface area contributed by atoms with Crippen LogP contribution in [0.1, 0.15) is 66.6 Å². The number of hydrogen-bond donors (Lipinski definition) is 1. The summed E-state index contributed by atoms with van der Waals surface area (Å²) in [4.78, 5) is 11.6. The van der Waals surface area contributed by atoms with E-state index in [2.05, 4.69) is 76.8 Å². The van der Waals surface area contributed by atoms with E-state index in [0.717, 1.165) is 30.4 Å². The first-order valence-electron chi connectivity index (χ1n) is 8.02. The molecule has 0 amide bonds. The molecule has 1 aromatic heterocycles. The Morgan fingerprint density at radius 1 is 1.19 bits per heavy atom. The van der Waals surface area contributed by atoms with Gasteiger partial charge in [-0.25, -0.2) is 9.97 Å². The highest BCUT2D eigenvalue weighted by Crippen LogP contribution is 2.28. The first kappa shape index (κ1) is 17.7. The van der Waals surface area contributed by atoms with Crippen LogP contribution in [0.25, 0.3) is 0 Å². The van der Waals surface area contributed by atoms with E-state index in [0.29, 0.717) is 12.0 Å². The van der Waals surface area contributed by atoms with Crippen molar-refractivity contribution in [2.45, 2.75) is 66.8 Å². The van der Waals surface area contributed by atoms with Crippen LogP contribution in [-0.2, 0) is 0 Å². The second-order valence-corrected chi connectivity index (χ2v) is 7.20. The Morgan fingerprint density at radius 2 is 1.81 bits per heavy atom. The van der Waals surface area contributed by atoms with Gasteiger partial charge in [0.15, 0.2) is 0 Å². The normalized spacial score (nSPS) is 13.4. The Hall–Kier alpha value is -1.32. The number of aromatic nitrogens is 2. The minimum absolute atomic E-state index is 0.203. The molecule has 0 aliphatic carbocycles. The van der Waals surface area contributed by atoms with Crippen molar-refractivity contribution < 1.29 is 0 Å². The molecule has 0 saturated carbocycles. The molecular weight excluding hydrogens is 260 g/mol. The Morgan fingerprint density at radius 3 is 2.29 bits per heavy atom. The quantitative estimate of drug-likeness (QED) is 0.849. The monoisotopic (exact) mass is 292 g/mol. The van der Waals surface area contributed by atoms with Gasteiger partial charge in [0.25, 0.3) is 0 Å². The standard InChI is InChI=1S/C17H32N4/c1-9-10-18-14-11-15(20-16(19-14)12(2)3)21(8)13(4)17(5,6)7/h11-13H,9-10H2,1-8H3,(H,18,19,20). The van der Waals surface area contributed by atoms with Gasteiger partial charge in [0.1, 0.15) is 17.5 Å². The van der Waals surface area contributed by atoms with Crippen LogP contribution in [0.2, 0.25) is 0 Å². The van der Waals surface area contributed by atoms with Gasteiger partial charge in [0, 0.05) is 31.6 Å². The van der Waals surface area contributed by atoms with Gasteiger partial charge < -0.3 is 10.2 Å². The number of hydrogen-bond acceptors (Lipinski definition) is 4. The summed E-state index contributed by atoms with van der Waals surface area (Å²) in [6.45, 7) is 16.4. The molecule has 1 N–H and O–H groups in total. The SMILES string of the molecule is CCCNc1cc(N(C)C(C)C(C)(C)C)nc(C(C)C)n1. The third-order valence-corrected chi connectivity index (χ3v) is 4.00. The molecule has 1 atom stereocenters. The van der Waals surface area contributed by atoms with E-state index in [4.69, 9.17) is 4.98 Å². The van der Waals surface area contributed by atoms with Crippen LogP contribution in [0.15, 0.2) is 6.07 Å². The van der Waals surface area contributed by atoms with Crippen molar-refractivity contribution >= 4 is 11.6 Å². The van der Waals surface area contributed by atoms with Crippen LogP contribution in [0.3, 0.4) is 0 Å². The number of nitrogens with one attached hydrogen (secondary N) is 1. The molecule has 0 aliphatic heterocycles. The Balaban J connectivity index is 3.12. The smallest absolute Gasteiger partial charge is 0.135 e. The lowest BCUT2D eigenvalue weighted by Gasteiger charge is -2.36. The second-order valence-electron chi connectivity index (χ2n) is 7.20.